The first-order valence-electron chi connectivity index (χ1n) is 4.84. The minimum absolute atomic E-state index is 0.681. The topological polar surface area (TPSA) is 38.0 Å². The second-order valence-corrected chi connectivity index (χ2v) is 3.62. The van der Waals surface area contributed by atoms with Crippen LogP contribution in [0.4, 0.5) is 0 Å². The number of rotatable bonds is 6. The summed E-state index contributed by atoms with van der Waals surface area (Å²) in [5.74, 6) is 0.681. The Labute approximate surface area is 76.2 Å². The molecule has 0 unspecified atom stereocenters. The van der Waals surface area contributed by atoms with Crippen molar-refractivity contribution in [2.45, 2.75) is 40.0 Å². The van der Waals surface area contributed by atoms with Crippen molar-refractivity contribution in [3.8, 4) is 0 Å². The molecule has 12 heavy (non-hydrogen) atoms. The van der Waals surface area contributed by atoms with Gasteiger partial charge in [-0.3, -0.25) is 0 Å². The van der Waals surface area contributed by atoms with Crippen LogP contribution in [0.25, 0.3) is 0 Å². The van der Waals surface area contributed by atoms with Crippen molar-refractivity contribution in [2.75, 3.05) is 6.54 Å². The summed E-state index contributed by atoms with van der Waals surface area (Å²) in [5.41, 5.74) is 6.71. The van der Waals surface area contributed by atoms with Crippen molar-refractivity contribution < 1.29 is 0 Å². The molecule has 0 bridgehead atoms. The van der Waals surface area contributed by atoms with E-state index >= 15 is 0 Å². The lowest BCUT2D eigenvalue weighted by Crippen LogP contribution is -2.15. The molecule has 0 aromatic carbocycles. The number of hydrogen-bond acceptors (Lipinski definition) is 2. The Morgan fingerprint density at radius 2 is 2.17 bits per heavy atom. The van der Waals surface area contributed by atoms with Gasteiger partial charge in [0.2, 0.25) is 0 Å². The number of nitrogens with two attached hydrogens (primary N) is 1. The lowest BCUT2D eigenvalue weighted by Gasteiger charge is -2.05. The summed E-state index contributed by atoms with van der Waals surface area (Å²) in [4.78, 5) is 0. The number of nitrogens with one attached hydrogen (secondary N) is 1. The van der Waals surface area contributed by atoms with Gasteiger partial charge in [0.25, 0.3) is 0 Å². The van der Waals surface area contributed by atoms with Crippen LogP contribution in [-0.2, 0) is 0 Å². The lowest BCUT2D eigenvalue weighted by atomic mass is 10.2. The Hall–Kier alpha value is -0.660. The molecule has 2 nitrogen and oxygen atoms in total. The van der Waals surface area contributed by atoms with Gasteiger partial charge < -0.3 is 11.1 Å². The molecule has 0 heterocycles. The highest BCUT2D eigenvalue weighted by atomic mass is 14.8. The van der Waals surface area contributed by atoms with Crippen molar-refractivity contribution in [1.82, 2.24) is 5.32 Å². The Morgan fingerprint density at radius 1 is 1.50 bits per heavy atom. The number of unbranched alkanes of at least 4 members (excludes halogenated alkanes) is 1. The van der Waals surface area contributed by atoms with E-state index in [1.54, 1.807) is 0 Å². The molecule has 72 valence electrons. The first kappa shape index (κ1) is 11.3. The summed E-state index contributed by atoms with van der Waals surface area (Å²) in [7, 11) is 0. The first-order valence-corrected chi connectivity index (χ1v) is 4.84. The summed E-state index contributed by atoms with van der Waals surface area (Å²) >= 11 is 0. The molecule has 2 heteroatoms. The van der Waals surface area contributed by atoms with Gasteiger partial charge in [-0.15, -0.1) is 0 Å². The third-order valence-corrected chi connectivity index (χ3v) is 1.63. The van der Waals surface area contributed by atoms with E-state index in [1.165, 1.54) is 12.8 Å². The van der Waals surface area contributed by atoms with Gasteiger partial charge in [0.05, 0.1) is 0 Å². The standard InChI is InChI=1S/C10H22N2/c1-4-5-6-10(11)8-12-7-9(2)3/h8-9,12H,4-7,11H2,1-3H3/b10-8-. The highest BCUT2D eigenvalue weighted by Gasteiger charge is 1.91. The molecule has 0 rings (SSSR count). The molecule has 0 saturated carbocycles. The molecule has 0 amide bonds. The fourth-order valence-corrected chi connectivity index (χ4v) is 0.879. The molecule has 0 aromatic heterocycles. The lowest BCUT2D eigenvalue weighted by molar-refractivity contribution is 0.607. The zero-order valence-electron chi connectivity index (χ0n) is 8.56. The van der Waals surface area contributed by atoms with E-state index in [2.05, 4.69) is 26.1 Å². The van der Waals surface area contributed by atoms with E-state index in [1.807, 2.05) is 6.20 Å². The van der Waals surface area contributed by atoms with Gasteiger partial charge in [0.1, 0.15) is 0 Å². The first-order chi connectivity index (χ1) is 5.66. The highest BCUT2D eigenvalue weighted by molar-refractivity contribution is 4.94. The van der Waals surface area contributed by atoms with Gasteiger partial charge in [0, 0.05) is 18.4 Å². The summed E-state index contributed by atoms with van der Waals surface area (Å²) < 4.78 is 0. The molecular formula is C10H22N2. The van der Waals surface area contributed by atoms with Gasteiger partial charge in [-0.2, -0.15) is 0 Å². The molecule has 0 spiro atoms. The zero-order valence-corrected chi connectivity index (χ0v) is 8.56. The fourth-order valence-electron chi connectivity index (χ4n) is 0.879. The second kappa shape index (κ2) is 7.01. The van der Waals surface area contributed by atoms with Crippen molar-refractivity contribution in [3.05, 3.63) is 11.9 Å². The smallest absolute Gasteiger partial charge is 0.0240 e. The predicted octanol–water partition coefficient (Wildman–Crippen LogP) is 2.22. The van der Waals surface area contributed by atoms with Crippen LogP contribution in [0, 0.1) is 5.92 Å². The maximum Gasteiger partial charge on any atom is 0.0240 e. The SMILES string of the molecule is CCCC/C(N)=C/NCC(C)C. The minimum Gasteiger partial charge on any atom is -0.401 e. The predicted molar refractivity (Wildman–Crippen MR) is 54.6 cm³/mol. The third-order valence-electron chi connectivity index (χ3n) is 1.63. The molecule has 0 aliphatic carbocycles. The second-order valence-electron chi connectivity index (χ2n) is 3.62. The maximum absolute atomic E-state index is 5.74. The molecule has 0 aliphatic rings. The highest BCUT2D eigenvalue weighted by Crippen LogP contribution is 1.99. The van der Waals surface area contributed by atoms with Crippen LogP contribution < -0.4 is 11.1 Å². The minimum atomic E-state index is 0.681. The van der Waals surface area contributed by atoms with Crippen LogP contribution in [0.1, 0.15) is 40.0 Å². The quantitative estimate of drug-likeness (QED) is 0.641. The van der Waals surface area contributed by atoms with Gasteiger partial charge in [-0.05, 0) is 18.8 Å². The van der Waals surface area contributed by atoms with E-state index in [-0.39, 0.29) is 0 Å². The molecule has 3 N–H and O–H groups in total. The van der Waals surface area contributed by atoms with E-state index in [4.69, 9.17) is 5.73 Å². The average molecular weight is 170 g/mol. The van der Waals surface area contributed by atoms with Crippen LogP contribution in [0.15, 0.2) is 11.9 Å². The van der Waals surface area contributed by atoms with Gasteiger partial charge in [0.15, 0.2) is 0 Å². The van der Waals surface area contributed by atoms with Crippen molar-refractivity contribution >= 4 is 0 Å². The van der Waals surface area contributed by atoms with E-state index in [0.717, 1.165) is 18.7 Å². The molecule has 0 saturated heterocycles. The van der Waals surface area contributed by atoms with Gasteiger partial charge in [-0.1, -0.05) is 27.2 Å². The van der Waals surface area contributed by atoms with E-state index in [0.29, 0.717) is 5.92 Å². The zero-order chi connectivity index (χ0) is 9.40. The van der Waals surface area contributed by atoms with E-state index in [9.17, 15) is 0 Å². The molecule has 0 radical (unpaired) electrons. The van der Waals surface area contributed by atoms with Gasteiger partial charge >= 0.3 is 0 Å². The number of hydrogen-bond donors (Lipinski definition) is 2. The molecule has 0 fully saturated rings. The van der Waals surface area contributed by atoms with Crippen LogP contribution >= 0.6 is 0 Å². The molecule has 0 aliphatic heterocycles. The molecular weight excluding hydrogens is 148 g/mol. The Balaban J connectivity index is 3.41. The monoisotopic (exact) mass is 170 g/mol. The Morgan fingerprint density at radius 3 is 2.67 bits per heavy atom. The van der Waals surface area contributed by atoms with Crippen LogP contribution in [0.5, 0.6) is 0 Å². The molecule has 0 aromatic rings. The summed E-state index contributed by atoms with van der Waals surface area (Å²) in [5, 5.41) is 3.21. The summed E-state index contributed by atoms with van der Waals surface area (Å²) in [6.45, 7) is 7.55. The normalized spacial score (nSPS) is 12.2. The maximum atomic E-state index is 5.74. The molecule has 0 atom stereocenters. The van der Waals surface area contributed by atoms with Crippen LogP contribution in [0.2, 0.25) is 0 Å². The summed E-state index contributed by atoms with van der Waals surface area (Å²) in [6, 6.07) is 0. The summed E-state index contributed by atoms with van der Waals surface area (Å²) in [6.07, 6.45) is 5.35. The number of allylic oxidation sites excluding steroid dienone is 1. The van der Waals surface area contributed by atoms with Gasteiger partial charge in [-0.25, -0.2) is 0 Å². The largest absolute Gasteiger partial charge is 0.401 e. The van der Waals surface area contributed by atoms with Crippen LogP contribution in [0.3, 0.4) is 0 Å². The Kier molecular flexibility index (Phi) is 6.63. The third kappa shape index (κ3) is 7.45. The van der Waals surface area contributed by atoms with Crippen molar-refractivity contribution in [3.63, 3.8) is 0 Å². The fraction of sp³-hybridized carbons (Fsp3) is 0.800. The van der Waals surface area contributed by atoms with Crippen molar-refractivity contribution in [1.29, 1.82) is 0 Å². The van der Waals surface area contributed by atoms with Crippen molar-refractivity contribution in [2.24, 2.45) is 11.7 Å². The van der Waals surface area contributed by atoms with E-state index < -0.39 is 0 Å². The average Bonchev–Trinajstić information content (AvgIpc) is 2.00. The van der Waals surface area contributed by atoms with Crippen LogP contribution in [-0.4, -0.2) is 6.54 Å². The Bertz CT molecular complexity index is 128.